The average molecular weight is 328 g/mol. The van der Waals surface area contributed by atoms with E-state index < -0.39 is 12.7 Å². The van der Waals surface area contributed by atoms with Gasteiger partial charge in [0, 0.05) is 20.5 Å². The van der Waals surface area contributed by atoms with Crippen LogP contribution in [0.15, 0.2) is 24.3 Å². The van der Waals surface area contributed by atoms with Gasteiger partial charge in [-0.05, 0) is 23.6 Å². The highest BCUT2D eigenvalue weighted by Gasteiger charge is 2.25. The van der Waals surface area contributed by atoms with E-state index in [1.54, 1.807) is 19.2 Å². The first-order chi connectivity index (χ1) is 10.7. The van der Waals surface area contributed by atoms with E-state index in [0.29, 0.717) is 6.54 Å². The number of nitrogens with zero attached hydrogens (tertiary/aromatic N) is 1. The minimum absolute atomic E-state index is 0.0457. The SMILES string of the molecule is CC(=O)NC(C(=O)N(C)Cc1ccc(OC(F)F)cc1)C(C)C. The molecule has 1 unspecified atom stereocenters. The normalized spacial score (nSPS) is 12.2. The van der Waals surface area contributed by atoms with Crippen LogP contribution in [0, 0.1) is 5.92 Å². The van der Waals surface area contributed by atoms with Crippen LogP contribution in [0.4, 0.5) is 8.78 Å². The van der Waals surface area contributed by atoms with E-state index in [0.717, 1.165) is 5.56 Å². The summed E-state index contributed by atoms with van der Waals surface area (Å²) in [6, 6.07) is 5.48. The van der Waals surface area contributed by atoms with Crippen molar-refractivity contribution >= 4 is 11.8 Å². The summed E-state index contributed by atoms with van der Waals surface area (Å²) in [5, 5.41) is 2.64. The Labute approximate surface area is 134 Å². The summed E-state index contributed by atoms with van der Waals surface area (Å²) in [5.74, 6) is -0.450. The molecule has 0 bridgehead atoms. The molecule has 0 aliphatic carbocycles. The van der Waals surface area contributed by atoms with Gasteiger partial charge in [-0.25, -0.2) is 0 Å². The maximum atomic E-state index is 12.4. The summed E-state index contributed by atoms with van der Waals surface area (Å²) in [5.41, 5.74) is 0.771. The molecule has 0 aliphatic heterocycles. The maximum Gasteiger partial charge on any atom is 0.387 e. The molecule has 23 heavy (non-hydrogen) atoms. The topological polar surface area (TPSA) is 58.6 Å². The number of nitrogens with one attached hydrogen (secondary N) is 1. The second-order valence-electron chi connectivity index (χ2n) is 5.64. The smallest absolute Gasteiger partial charge is 0.387 e. The van der Waals surface area contributed by atoms with Crippen LogP contribution >= 0.6 is 0 Å². The third-order valence-electron chi connectivity index (χ3n) is 3.24. The predicted octanol–water partition coefficient (Wildman–Crippen LogP) is 2.41. The Bertz CT molecular complexity index is 533. The van der Waals surface area contributed by atoms with Crippen molar-refractivity contribution in [3.05, 3.63) is 29.8 Å². The lowest BCUT2D eigenvalue weighted by atomic mass is 10.0. The Morgan fingerprint density at radius 1 is 1.22 bits per heavy atom. The first kappa shape index (κ1) is 18.9. The molecule has 128 valence electrons. The van der Waals surface area contributed by atoms with Gasteiger partial charge < -0.3 is 15.0 Å². The summed E-state index contributed by atoms with van der Waals surface area (Å²) in [4.78, 5) is 25.1. The van der Waals surface area contributed by atoms with E-state index in [1.165, 1.54) is 24.0 Å². The number of halogens is 2. The van der Waals surface area contributed by atoms with Gasteiger partial charge in [-0.2, -0.15) is 8.78 Å². The molecule has 1 aromatic rings. The van der Waals surface area contributed by atoms with Gasteiger partial charge in [0.1, 0.15) is 11.8 Å². The molecule has 1 atom stereocenters. The quantitative estimate of drug-likeness (QED) is 0.836. The monoisotopic (exact) mass is 328 g/mol. The lowest BCUT2D eigenvalue weighted by molar-refractivity contribution is -0.136. The predicted molar refractivity (Wildman–Crippen MR) is 82.0 cm³/mol. The third-order valence-corrected chi connectivity index (χ3v) is 3.24. The summed E-state index contributed by atoms with van der Waals surface area (Å²) in [6.07, 6.45) is 0. The van der Waals surface area contributed by atoms with Crippen LogP contribution < -0.4 is 10.1 Å². The molecule has 1 N–H and O–H groups in total. The Balaban J connectivity index is 2.71. The summed E-state index contributed by atoms with van der Waals surface area (Å²) >= 11 is 0. The molecular formula is C16H22F2N2O3. The molecular weight excluding hydrogens is 306 g/mol. The van der Waals surface area contributed by atoms with Crippen LogP contribution in [0.25, 0.3) is 0 Å². The minimum atomic E-state index is -2.87. The fourth-order valence-electron chi connectivity index (χ4n) is 2.10. The number of rotatable bonds is 7. The van der Waals surface area contributed by atoms with E-state index >= 15 is 0 Å². The van der Waals surface area contributed by atoms with Crippen LogP contribution in [-0.4, -0.2) is 36.4 Å². The van der Waals surface area contributed by atoms with E-state index in [4.69, 9.17) is 0 Å². The van der Waals surface area contributed by atoms with E-state index in [2.05, 4.69) is 10.1 Å². The van der Waals surface area contributed by atoms with Gasteiger partial charge in [0.05, 0.1) is 0 Å². The van der Waals surface area contributed by atoms with Crippen LogP contribution in [0.2, 0.25) is 0 Å². The van der Waals surface area contributed by atoms with Gasteiger partial charge in [-0.3, -0.25) is 9.59 Å². The highest BCUT2D eigenvalue weighted by atomic mass is 19.3. The Morgan fingerprint density at radius 2 is 1.78 bits per heavy atom. The van der Waals surface area contributed by atoms with Crippen LogP contribution in [-0.2, 0) is 16.1 Å². The Kier molecular flexibility index (Phi) is 6.93. The standard InChI is InChI=1S/C16H22F2N2O3/c1-10(2)14(19-11(3)21)15(22)20(4)9-12-5-7-13(8-6-12)23-16(17)18/h5-8,10,14,16H,9H2,1-4H3,(H,19,21). The minimum Gasteiger partial charge on any atom is -0.435 e. The molecule has 2 amide bonds. The van der Waals surface area contributed by atoms with E-state index in [9.17, 15) is 18.4 Å². The number of hydrogen-bond donors (Lipinski definition) is 1. The second-order valence-corrected chi connectivity index (χ2v) is 5.64. The molecule has 0 radical (unpaired) electrons. The molecule has 7 heteroatoms. The molecule has 0 spiro atoms. The first-order valence-electron chi connectivity index (χ1n) is 7.26. The van der Waals surface area contributed by atoms with Crippen molar-refractivity contribution < 1.29 is 23.1 Å². The highest BCUT2D eigenvalue weighted by Crippen LogP contribution is 2.16. The molecule has 0 aliphatic rings. The van der Waals surface area contributed by atoms with Crippen molar-refractivity contribution in [3.8, 4) is 5.75 Å². The number of hydrogen-bond acceptors (Lipinski definition) is 3. The number of ether oxygens (including phenoxy) is 1. The molecule has 5 nitrogen and oxygen atoms in total. The molecule has 0 saturated carbocycles. The van der Waals surface area contributed by atoms with E-state index in [-0.39, 0.29) is 23.5 Å². The van der Waals surface area contributed by atoms with Gasteiger partial charge in [0.25, 0.3) is 0 Å². The maximum absolute atomic E-state index is 12.4. The van der Waals surface area contributed by atoms with Crippen molar-refractivity contribution in [2.45, 2.75) is 40.0 Å². The second kappa shape index (κ2) is 8.45. The zero-order valence-corrected chi connectivity index (χ0v) is 13.7. The lowest BCUT2D eigenvalue weighted by Gasteiger charge is -2.26. The van der Waals surface area contributed by atoms with Crippen molar-refractivity contribution in [1.82, 2.24) is 10.2 Å². The Hall–Kier alpha value is -2.18. The number of alkyl halides is 2. The summed E-state index contributed by atoms with van der Waals surface area (Å²) in [6.45, 7) is 2.50. The largest absolute Gasteiger partial charge is 0.435 e. The van der Waals surface area contributed by atoms with Gasteiger partial charge in [0.2, 0.25) is 11.8 Å². The fraction of sp³-hybridized carbons (Fsp3) is 0.500. The van der Waals surface area contributed by atoms with Crippen molar-refractivity contribution in [1.29, 1.82) is 0 Å². The zero-order valence-electron chi connectivity index (χ0n) is 13.7. The molecule has 0 fully saturated rings. The van der Waals surface area contributed by atoms with Crippen molar-refractivity contribution in [2.24, 2.45) is 5.92 Å². The van der Waals surface area contributed by atoms with Gasteiger partial charge >= 0.3 is 6.61 Å². The van der Waals surface area contributed by atoms with Crippen LogP contribution in [0.5, 0.6) is 5.75 Å². The van der Waals surface area contributed by atoms with Crippen molar-refractivity contribution in [2.75, 3.05) is 7.05 Å². The molecule has 1 rings (SSSR count). The highest BCUT2D eigenvalue weighted by molar-refractivity contribution is 5.86. The Morgan fingerprint density at radius 3 is 2.22 bits per heavy atom. The molecule has 0 heterocycles. The zero-order chi connectivity index (χ0) is 17.6. The molecule has 0 aromatic heterocycles. The van der Waals surface area contributed by atoms with Crippen molar-refractivity contribution in [3.63, 3.8) is 0 Å². The number of carbonyl (C=O) groups is 2. The number of carbonyl (C=O) groups excluding carboxylic acids is 2. The van der Waals surface area contributed by atoms with Gasteiger partial charge in [-0.1, -0.05) is 26.0 Å². The first-order valence-corrected chi connectivity index (χ1v) is 7.26. The third kappa shape index (κ3) is 6.22. The van der Waals surface area contributed by atoms with Gasteiger partial charge in [-0.15, -0.1) is 0 Å². The van der Waals surface area contributed by atoms with E-state index in [1.807, 2.05) is 13.8 Å². The van der Waals surface area contributed by atoms with Crippen LogP contribution in [0.3, 0.4) is 0 Å². The van der Waals surface area contributed by atoms with Gasteiger partial charge in [0.15, 0.2) is 0 Å². The summed E-state index contributed by atoms with van der Waals surface area (Å²) in [7, 11) is 1.63. The number of amides is 2. The lowest BCUT2D eigenvalue weighted by Crippen LogP contribution is -2.49. The fourth-order valence-corrected chi connectivity index (χ4v) is 2.10. The van der Waals surface area contributed by atoms with Crippen LogP contribution in [0.1, 0.15) is 26.3 Å². The number of benzene rings is 1. The number of likely N-dealkylation sites (N-methyl/N-ethyl adjacent to an activating group) is 1. The molecule has 0 saturated heterocycles. The summed E-state index contributed by atoms with van der Waals surface area (Å²) < 4.78 is 28.5. The molecule has 1 aromatic carbocycles. The average Bonchev–Trinajstić information content (AvgIpc) is 2.45.